The summed E-state index contributed by atoms with van der Waals surface area (Å²) < 4.78 is 21.2. The first-order valence-corrected chi connectivity index (χ1v) is 9.50. The topological polar surface area (TPSA) is 86.3 Å². The van der Waals surface area contributed by atoms with Crippen molar-refractivity contribution in [3.8, 4) is 17.2 Å². The maximum Gasteiger partial charge on any atom is 0.249 e. The number of morpholine rings is 1. The van der Waals surface area contributed by atoms with Gasteiger partial charge in [0.2, 0.25) is 11.8 Å². The van der Waals surface area contributed by atoms with Crippen LogP contribution in [0.4, 0.5) is 5.69 Å². The molecule has 8 nitrogen and oxygen atoms in total. The lowest BCUT2D eigenvalue weighted by Crippen LogP contribution is -2.54. The van der Waals surface area contributed by atoms with Gasteiger partial charge < -0.3 is 29.2 Å². The van der Waals surface area contributed by atoms with E-state index in [1.807, 2.05) is 19.1 Å². The molecule has 0 unspecified atom stereocenters. The molecule has 0 saturated carbocycles. The van der Waals surface area contributed by atoms with Gasteiger partial charge in [0.25, 0.3) is 0 Å². The Bertz CT molecular complexity index is 930. The molecule has 0 aliphatic carbocycles. The first-order valence-electron chi connectivity index (χ1n) is 9.50. The fourth-order valence-electron chi connectivity index (χ4n) is 3.31. The van der Waals surface area contributed by atoms with Crippen molar-refractivity contribution in [2.75, 3.05) is 39.9 Å². The molecule has 1 saturated heterocycles. The maximum absolute atomic E-state index is 13.0. The van der Waals surface area contributed by atoms with E-state index in [2.05, 4.69) is 5.32 Å². The zero-order chi connectivity index (χ0) is 21.7. The number of hydrogen-bond donors (Lipinski definition) is 1. The summed E-state index contributed by atoms with van der Waals surface area (Å²) in [5.74, 6) is 1.36. The van der Waals surface area contributed by atoms with Gasteiger partial charge in [-0.05, 0) is 42.8 Å². The van der Waals surface area contributed by atoms with E-state index in [1.54, 1.807) is 45.6 Å². The average molecular weight is 414 g/mol. The van der Waals surface area contributed by atoms with Gasteiger partial charge in [-0.1, -0.05) is 0 Å². The van der Waals surface area contributed by atoms with Gasteiger partial charge >= 0.3 is 0 Å². The molecule has 0 radical (unpaired) electrons. The van der Waals surface area contributed by atoms with Gasteiger partial charge in [-0.2, -0.15) is 0 Å². The predicted molar refractivity (Wildman–Crippen MR) is 111 cm³/mol. The van der Waals surface area contributed by atoms with E-state index < -0.39 is 6.04 Å². The smallest absolute Gasteiger partial charge is 0.249 e. The number of benzene rings is 2. The Morgan fingerprint density at radius 1 is 1.10 bits per heavy atom. The third-order valence-electron chi connectivity index (χ3n) is 5.03. The molecule has 160 valence electrons. The third kappa shape index (κ3) is 4.65. The monoisotopic (exact) mass is 414 g/mol. The second-order valence-corrected chi connectivity index (χ2v) is 6.90. The fraction of sp³-hybridized carbons (Fsp3) is 0.364. The minimum absolute atomic E-state index is 0.0657. The molecule has 2 aromatic rings. The predicted octanol–water partition coefficient (Wildman–Crippen LogP) is 2.39. The van der Waals surface area contributed by atoms with Crippen molar-refractivity contribution in [1.29, 1.82) is 0 Å². The van der Waals surface area contributed by atoms with E-state index >= 15 is 0 Å². The Morgan fingerprint density at radius 2 is 1.80 bits per heavy atom. The van der Waals surface area contributed by atoms with Gasteiger partial charge in [-0.25, -0.2) is 0 Å². The molecule has 30 heavy (non-hydrogen) atoms. The van der Waals surface area contributed by atoms with Gasteiger partial charge in [0.15, 0.2) is 0 Å². The molecular formula is C22H26N2O6. The van der Waals surface area contributed by atoms with Crippen LogP contribution in [0.2, 0.25) is 0 Å². The molecule has 0 spiro atoms. The molecule has 2 aromatic carbocycles. The molecule has 1 N–H and O–H groups in total. The van der Waals surface area contributed by atoms with Crippen LogP contribution in [0, 0.1) is 6.92 Å². The van der Waals surface area contributed by atoms with Crippen LogP contribution in [-0.4, -0.2) is 57.3 Å². The minimum Gasteiger partial charge on any atom is -0.497 e. The number of aryl methyl sites for hydroxylation is 1. The Morgan fingerprint density at radius 3 is 2.47 bits per heavy atom. The minimum atomic E-state index is -0.764. The number of ether oxygens (including phenoxy) is 4. The lowest BCUT2D eigenvalue weighted by molar-refractivity contribution is -0.154. The molecule has 3 rings (SSSR count). The first-order chi connectivity index (χ1) is 14.5. The second kappa shape index (κ2) is 9.49. The highest BCUT2D eigenvalue weighted by molar-refractivity contribution is 5.98. The summed E-state index contributed by atoms with van der Waals surface area (Å²) >= 11 is 0. The van der Waals surface area contributed by atoms with Gasteiger partial charge in [-0.15, -0.1) is 0 Å². The normalized spacial score (nSPS) is 16.2. The summed E-state index contributed by atoms with van der Waals surface area (Å²) in [5, 5.41) is 2.89. The van der Waals surface area contributed by atoms with Crippen molar-refractivity contribution in [3.05, 3.63) is 47.5 Å². The van der Waals surface area contributed by atoms with Crippen molar-refractivity contribution in [1.82, 2.24) is 4.90 Å². The molecule has 0 bridgehead atoms. The zero-order valence-electron chi connectivity index (χ0n) is 17.6. The number of nitrogens with one attached hydrogen (secondary N) is 1. The van der Waals surface area contributed by atoms with Crippen LogP contribution in [0.3, 0.4) is 0 Å². The van der Waals surface area contributed by atoms with Crippen molar-refractivity contribution in [3.63, 3.8) is 0 Å². The van der Waals surface area contributed by atoms with Crippen LogP contribution in [-0.2, 0) is 20.9 Å². The highest BCUT2D eigenvalue weighted by Crippen LogP contribution is 2.28. The number of amides is 2. The molecule has 0 aromatic heterocycles. The fourth-order valence-corrected chi connectivity index (χ4v) is 3.31. The number of carbonyl (C=O) groups is 2. The van der Waals surface area contributed by atoms with E-state index in [0.29, 0.717) is 22.9 Å². The summed E-state index contributed by atoms with van der Waals surface area (Å²) in [6.45, 7) is 2.14. The van der Waals surface area contributed by atoms with Crippen molar-refractivity contribution in [2.24, 2.45) is 0 Å². The first kappa shape index (κ1) is 21.4. The molecule has 1 heterocycles. The lowest BCUT2D eigenvalue weighted by atomic mass is 10.1. The average Bonchev–Trinajstić information content (AvgIpc) is 2.76. The maximum atomic E-state index is 13.0. The van der Waals surface area contributed by atoms with Crippen molar-refractivity contribution >= 4 is 17.5 Å². The molecule has 1 aliphatic rings. The third-order valence-corrected chi connectivity index (χ3v) is 5.03. The van der Waals surface area contributed by atoms with Crippen LogP contribution in [0.1, 0.15) is 11.1 Å². The van der Waals surface area contributed by atoms with E-state index in [4.69, 9.17) is 18.9 Å². The zero-order valence-corrected chi connectivity index (χ0v) is 17.6. The summed E-state index contributed by atoms with van der Waals surface area (Å²) in [6.07, 6.45) is 0. The van der Waals surface area contributed by atoms with E-state index in [0.717, 1.165) is 11.1 Å². The molecule has 1 aliphatic heterocycles. The summed E-state index contributed by atoms with van der Waals surface area (Å²) in [5.41, 5.74) is 2.28. The summed E-state index contributed by atoms with van der Waals surface area (Å²) in [6, 6.07) is 9.97. The molecule has 1 atom stereocenters. The Kier molecular flexibility index (Phi) is 6.79. The Hall–Kier alpha value is -3.26. The number of carbonyl (C=O) groups excluding carboxylic acids is 2. The number of rotatable bonds is 7. The second-order valence-electron chi connectivity index (χ2n) is 6.90. The highest BCUT2D eigenvalue weighted by Gasteiger charge is 2.34. The standard InChI is InChI=1S/C22H26N2O6/c1-14-9-16(27-2)7-8-18(14)23-22(26)19-12-30-13-21(25)24(19)11-15-5-6-17(28-3)10-20(15)29-4/h5-10,19H,11-13H2,1-4H3,(H,23,26)/t19-/m0/s1. The quantitative estimate of drug-likeness (QED) is 0.749. The highest BCUT2D eigenvalue weighted by atomic mass is 16.5. The van der Waals surface area contributed by atoms with E-state index in [9.17, 15) is 9.59 Å². The van der Waals surface area contributed by atoms with Gasteiger partial charge in [-0.3, -0.25) is 9.59 Å². The van der Waals surface area contributed by atoms with Crippen LogP contribution in [0.15, 0.2) is 36.4 Å². The SMILES string of the molecule is COc1ccc(NC(=O)[C@@H]2COCC(=O)N2Cc2ccc(OC)cc2OC)c(C)c1. The van der Waals surface area contributed by atoms with E-state index in [1.165, 1.54) is 4.90 Å². The van der Waals surface area contributed by atoms with Crippen LogP contribution in [0.5, 0.6) is 17.2 Å². The molecule has 8 heteroatoms. The number of hydrogen-bond acceptors (Lipinski definition) is 6. The number of nitrogens with zero attached hydrogens (tertiary/aromatic N) is 1. The largest absolute Gasteiger partial charge is 0.497 e. The molecule has 1 fully saturated rings. The Labute approximate surface area is 175 Å². The van der Waals surface area contributed by atoms with Gasteiger partial charge in [0.05, 0.1) is 34.5 Å². The van der Waals surface area contributed by atoms with Crippen LogP contribution in [0.25, 0.3) is 0 Å². The van der Waals surface area contributed by atoms with Gasteiger partial charge in [0.1, 0.15) is 29.9 Å². The lowest BCUT2D eigenvalue weighted by Gasteiger charge is -2.35. The van der Waals surface area contributed by atoms with Crippen LogP contribution >= 0.6 is 0 Å². The van der Waals surface area contributed by atoms with Crippen LogP contribution < -0.4 is 19.5 Å². The Balaban J connectivity index is 1.81. The number of anilines is 1. The van der Waals surface area contributed by atoms with Crippen molar-refractivity contribution in [2.45, 2.75) is 19.5 Å². The van der Waals surface area contributed by atoms with E-state index in [-0.39, 0.29) is 31.6 Å². The number of methoxy groups -OCH3 is 3. The van der Waals surface area contributed by atoms with Gasteiger partial charge in [0, 0.05) is 17.3 Å². The summed E-state index contributed by atoms with van der Waals surface area (Å²) in [4.78, 5) is 27.1. The van der Waals surface area contributed by atoms with Crippen molar-refractivity contribution < 1.29 is 28.5 Å². The summed E-state index contributed by atoms with van der Waals surface area (Å²) in [7, 11) is 4.71. The molecular weight excluding hydrogens is 388 g/mol. The molecule has 2 amide bonds.